The lowest BCUT2D eigenvalue weighted by Gasteiger charge is -2.29. The Morgan fingerprint density at radius 3 is 2.62 bits per heavy atom. The number of hydrogen-bond donors (Lipinski definition) is 0. The summed E-state index contributed by atoms with van der Waals surface area (Å²) in [7, 11) is 0. The van der Waals surface area contributed by atoms with Crippen molar-refractivity contribution in [3.63, 3.8) is 0 Å². The average molecular weight is 462 g/mol. The van der Waals surface area contributed by atoms with Crippen LogP contribution in [0.2, 0.25) is 0 Å². The predicted molar refractivity (Wildman–Crippen MR) is 116 cm³/mol. The number of carbonyl (C=O) groups is 1. The molecule has 168 valence electrons. The molecule has 0 radical (unpaired) electrons. The number of aromatic nitrogens is 1. The fourth-order valence-corrected chi connectivity index (χ4v) is 4.51. The van der Waals surface area contributed by atoms with Gasteiger partial charge in [-0.2, -0.15) is 0 Å². The lowest BCUT2D eigenvalue weighted by atomic mass is 10.1. The molecule has 0 saturated carbocycles. The second kappa shape index (κ2) is 9.63. The van der Waals surface area contributed by atoms with Gasteiger partial charge in [-0.3, -0.25) is 24.7 Å². The number of non-ortho nitro benzene ring substituents is 1. The summed E-state index contributed by atoms with van der Waals surface area (Å²) in [5, 5.41) is 11.1. The molecule has 4 rings (SSSR count). The lowest BCUT2D eigenvalue weighted by molar-refractivity contribution is -0.384. The molecule has 1 saturated heterocycles. The van der Waals surface area contributed by atoms with Gasteiger partial charge in [-0.1, -0.05) is 23.5 Å². The van der Waals surface area contributed by atoms with Crippen LogP contribution in [0.25, 0.3) is 10.2 Å². The number of benzene rings is 2. The van der Waals surface area contributed by atoms with Gasteiger partial charge in [0.1, 0.15) is 11.3 Å². The molecule has 1 aromatic heterocycles. The molecule has 32 heavy (non-hydrogen) atoms. The summed E-state index contributed by atoms with van der Waals surface area (Å²) in [5.41, 5.74) is 0.565. The van der Waals surface area contributed by atoms with Crippen LogP contribution < -0.4 is 4.90 Å². The topological polar surface area (TPSA) is 88.8 Å². The van der Waals surface area contributed by atoms with Crippen LogP contribution in [-0.2, 0) is 16.0 Å². The van der Waals surface area contributed by atoms with Gasteiger partial charge in [0.15, 0.2) is 10.9 Å². The van der Waals surface area contributed by atoms with E-state index in [1.807, 2.05) is 0 Å². The zero-order valence-electron chi connectivity index (χ0n) is 17.0. The first-order valence-electron chi connectivity index (χ1n) is 10.00. The van der Waals surface area contributed by atoms with Crippen molar-refractivity contribution in [2.75, 3.05) is 44.3 Å². The summed E-state index contributed by atoms with van der Waals surface area (Å²) >= 11 is 1.05. The summed E-state index contributed by atoms with van der Waals surface area (Å²) in [6.45, 7) is 3.59. The third kappa shape index (κ3) is 5.06. The number of thiazole rings is 1. The molecular formula is C21H20F2N4O4S. The molecule has 0 atom stereocenters. The number of nitro groups is 1. The van der Waals surface area contributed by atoms with Crippen LogP contribution in [0.4, 0.5) is 19.6 Å². The molecule has 0 aliphatic carbocycles. The molecule has 0 bridgehead atoms. The highest BCUT2D eigenvalue weighted by Crippen LogP contribution is 2.31. The molecule has 2 aromatic carbocycles. The molecule has 2 heterocycles. The minimum absolute atomic E-state index is 0.00608. The maximum Gasteiger partial charge on any atom is 0.269 e. The number of hydrogen-bond acceptors (Lipinski definition) is 7. The molecule has 0 N–H and O–H groups in total. The third-order valence-electron chi connectivity index (χ3n) is 5.18. The van der Waals surface area contributed by atoms with Crippen LogP contribution in [0, 0.1) is 21.7 Å². The number of rotatable bonds is 7. The summed E-state index contributed by atoms with van der Waals surface area (Å²) in [5.74, 6) is -1.77. The zero-order valence-corrected chi connectivity index (χ0v) is 17.8. The van der Waals surface area contributed by atoms with Crippen molar-refractivity contribution in [3.05, 3.63) is 63.7 Å². The minimum atomic E-state index is -0.779. The Balaban J connectivity index is 1.58. The van der Waals surface area contributed by atoms with Crippen molar-refractivity contribution in [2.24, 2.45) is 0 Å². The summed E-state index contributed by atoms with van der Waals surface area (Å²) < 4.78 is 33.5. The van der Waals surface area contributed by atoms with E-state index in [1.54, 1.807) is 0 Å². The molecule has 1 aliphatic rings. The van der Waals surface area contributed by atoms with Crippen LogP contribution in [0.1, 0.15) is 5.56 Å². The molecule has 8 nitrogen and oxygen atoms in total. The van der Waals surface area contributed by atoms with Crippen LogP contribution in [-0.4, -0.2) is 60.1 Å². The number of fused-ring (bicyclic) bond motifs is 1. The Hall–Kier alpha value is -3.02. The molecule has 1 aliphatic heterocycles. The van der Waals surface area contributed by atoms with Crippen molar-refractivity contribution >= 4 is 38.3 Å². The van der Waals surface area contributed by atoms with Crippen LogP contribution in [0.15, 0.2) is 36.4 Å². The number of halogens is 2. The van der Waals surface area contributed by atoms with E-state index >= 15 is 0 Å². The van der Waals surface area contributed by atoms with Gasteiger partial charge in [0.05, 0.1) is 29.3 Å². The van der Waals surface area contributed by atoms with E-state index in [4.69, 9.17) is 4.74 Å². The van der Waals surface area contributed by atoms with Crippen LogP contribution in [0.5, 0.6) is 0 Å². The van der Waals surface area contributed by atoms with Gasteiger partial charge in [-0.05, 0) is 11.6 Å². The number of nitrogens with zero attached hydrogens (tertiary/aromatic N) is 4. The predicted octanol–water partition coefficient (Wildman–Crippen LogP) is 3.39. The van der Waals surface area contributed by atoms with E-state index in [-0.39, 0.29) is 28.7 Å². The van der Waals surface area contributed by atoms with Crippen molar-refractivity contribution in [1.29, 1.82) is 0 Å². The quantitative estimate of drug-likeness (QED) is 0.395. The second-order valence-electron chi connectivity index (χ2n) is 7.33. The fourth-order valence-electron chi connectivity index (χ4n) is 3.46. The summed E-state index contributed by atoms with van der Waals surface area (Å²) in [6, 6.07) is 7.71. The summed E-state index contributed by atoms with van der Waals surface area (Å²) in [4.78, 5) is 31.4. The van der Waals surface area contributed by atoms with Crippen molar-refractivity contribution in [3.8, 4) is 0 Å². The Labute approximate surface area is 186 Å². The largest absolute Gasteiger partial charge is 0.379 e. The highest BCUT2D eigenvalue weighted by Gasteiger charge is 2.23. The van der Waals surface area contributed by atoms with Gasteiger partial charge < -0.3 is 4.74 Å². The number of anilines is 1. The fraction of sp³-hybridized carbons (Fsp3) is 0.333. The molecule has 0 spiro atoms. The number of morpholine rings is 1. The van der Waals surface area contributed by atoms with Gasteiger partial charge in [0.25, 0.3) is 5.69 Å². The first kappa shape index (κ1) is 22.2. The van der Waals surface area contributed by atoms with E-state index in [0.29, 0.717) is 36.6 Å². The van der Waals surface area contributed by atoms with Crippen LogP contribution >= 0.6 is 11.3 Å². The summed E-state index contributed by atoms with van der Waals surface area (Å²) in [6.07, 6.45) is -0.00608. The van der Waals surface area contributed by atoms with E-state index in [0.717, 1.165) is 30.5 Å². The van der Waals surface area contributed by atoms with Crippen molar-refractivity contribution < 1.29 is 23.2 Å². The van der Waals surface area contributed by atoms with E-state index < -0.39 is 16.6 Å². The maximum absolute atomic E-state index is 14.2. The highest BCUT2D eigenvalue weighted by atomic mass is 32.1. The second-order valence-corrected chi connectivity index (χ2v) is 8.34. The van der Waals surface area contributed by atoms with Gasteiger partial charge in [-0.25, -0.2) is 13.8 Å². The SMILES string of the molecule is O=C(Cc1ccc([N+](=O)[O-])cc1)N(CCN1CCOCC1)c1nc2c(F)cc(F)cc2s1. The normalized spacial score (nSPS) is 14.6. The smallest absolute Gasteiger partial charge is 0.269 e. The Bertz CT molecular complexity index is 1130. The molecule has 1 amide bonds. The molecule has 1 fully saturated rings. The number of nitro benzene ring substituents is 1. The van der Waals surface area contributed by atoms with Gasteiger partial charge in [-0.15, -0.1) is 0 Å². The lowest BCUT2D eigenvalue weighted by Crippen LogP contribution is -2.43. The Morgan fingerprint density at radius 2 is 1.94 bits per heavy atom. The minimum Gasteiger partial charge on any atom is -0.379 e. The van der Waals surface area contributed by atoms with Crippen molar-refractivity contribution in [2.45, 2.75) is 6.42 Å². The van der Waals surface area contributed by atoms with E-state index in [9.17, 15) is 23.7 Å². The first-order chi connectivity index (χ1) is 15.4. The number of carbonyl (C=O) groups excluding carboxylic acids is 1. The monoisotopic (exact) mass is 462 g/mol. The van der Waals surface area contributed by atoms with Gasteiger partial charge >= 0.3 is 0 Å². The van der Waals surface area contributed by atoms with Crippen LogP contribution in [0.3, 0.4) is 0 Å². The van der Waals surface area contributed by atoms with Gasteiger partial charge in [0.2, 0.25) is 5.91 Å². The molecule has 3 aromatic rings. The standard InChI is InChI=1S/C21H20F2N4O4S/c22-15-12-17(23)20-18(13-15)32-21(24-20)26(6-5-25-7-9-31-10-8-25)19(28)11-14-1-3-16(4-2-14)27(29)30/h1-4,12-13H,5-11H2. The average Bonchev–Trinajstić information content (AvgIpc) is 3.19. The van der Waals surface area contributed by atoms with Gasteiger partial charge in [0, 0.05) is 44.4 Å². The molecule has 11 heteroatoms. The third-order valence-corrected chi connectivity index (χ3v) is 6.21. The molecule has 0 unspecified atom stereocenters. The zero-order chi connectivity index (χ0) is 22.7. The first-order valence-corrected chi connectivity index (χ1v) is 10.8. The van der Waals surface area contributed by atoms with Crippen molar-refractivity contribution in [1.82, 2.24) is 9.88 Å². The van der Waals surface area contributed by atoms with E-state index in [2.05, 4.69) is 9.88 Å². The highest BCUT2D eigenvalue weighted by molar-refractivity contribution is 7.22. The maximum atomic E-state index is 14.2. The molecular weight excluding hydrogens is 442 g/mol. The number of amides is 1. The Morgan fingerprint density at radius 1 is 1.22 bits per heavy atom. The van der Waals surface area contributed by atoms with E-state index in [1.165, 1.54) is 35.2 Å². The number of ether oxygens (including phenoxy) is 1. The Kier molecular flexibility index (Phi) is 6.68.